The molecule has 116 valence electrons. The lowest BCUT2D eigenvalue weighted by atomic mass is 9.90. The van der Waals surface area contributed by atoms with Crippen LogP contribution in [0.1, 0.15) is 51.5 Å². The van der Waals surface area contributed by atoms with Gasteiger partial charge in [-0.25, -0.2) is 0 Å². The first-order chi connectivity index (χ1) is 10.2. The van der Waals surface area contributed by atoms with Crippen molar-refractivity contribution in [2.45, 2.75) is 64.0 Å². The molecule has 1 fully saturated rings. The molecule has 1 heterocycles. The van der Waals surface area contributed by atoms with Crippen LogP contribution in [-0.2, 0) is 11.2 Å². The molecule has 3 heteroatoms. The van der Waals surface area contributed by atoms with E-state index < -0.39 is 0 Å². The van der Waals surface area contributed by atoms with Gasteiger partial charge in [0, 0.05) is 6.04 Å². The molecule has 1 amide bonds. The Morgan fingerprint density at radius 1 is 1.38 bits per heavy atom. The van der Waals surface area contributed by atoms with Gasteiger partial charge in [-0.15, -0.1) is 0 Å². The fraction of sp³-hybridized carbons (Fsp3) is 0.611. The summed E-state index contributed by atoms with van der Waals surface area (Å²) in [5, 5.41) is 6.65. The van der Waals surface area contributed by atoms with Crippen LogP contribution in [0.5, 0.6) is 0 Å². The number of benzene rings is 1. The van der Waals surface area contributed by atoms with Gasteiger partial charge in [0.1, 0.15) is 0 Å². The van der Waals surface area contributed by atoms with Crippen LogP contribution in [0.25, 0.3) is 0 Å². The molecule has 0 spiro atoms. The van der Waals surface area contributed by atoms with E-state index in [4.69, 9.17) is 0 Å². The molecule has 3 nitrogen and oxygen atoms in total. The number of carbonyl (C=O) groups excluding carboxylic acids is 1. The van der Waals surface area contributed by atoms with E-state index in [-0.39, 0.29) is 17.5 Å². The van der Waals surface area contributed by atoms with Crippen LogP contribution in [0, 0.1) is 0 Å². The Balaban J connectivity index is 1.83. The average molecular weight is 288 g/mol. The zero-order valence-corrected chi connectivity index (χ0v) is 13.3. The van der Waals surface area contributed by atoms with Gasteiger partial charge in [0.25, 0.3) is 0 Å². The van der Waals surface area contributed by atoms with Crippen molar-refractivity contribution < 1.29 is 4.79 Å². The second-order valence-electron chi connectivity index (χ2n) is 6.26. The molecule has 0 saturated carbocycles. The summed E-state index contributed by atoms with van der Waals surface area (Å²) in [4.78, 5) is 12.6. The summed E-state index contributed by atoms with van der Waals surface area (Å²) >= 11 is 0. The molecule has 1 aromatic rings. The van der Waals surface area contributed by atoms with Crippen LogP contribution >= 0.6 is 0 Å². The predicted octanol–water partition coefficient (Wildman–Crippen LogP) is 3.05. The molecule has 2 rings (SSSR count). The zero-order valence-electron chi connectivity index (χ0n) is 13.3. The molecule has 0 aromatic heterocycles. The number of hydrogen-bond donors (Lipinski definition) is 2. The van der Waals surface area contributed by atoms with E-state index in [1.165, 1.54) is 5.56 Å². The summed E-state index contributed by atoms with van der Waals surface area (Å²) in [6.45, 7) is 5.22. The Kier molecular flexibility index (Phi) is 5.80. The van der Waals surface area contributed by atoms with Gasteiger partial charge in [0.05, 0.1) is 5.54 Å². The van der Waals surface area contributed by atoms with Crippen LogP contribution in [0.3, 0.4) is 0 Å². The molecule has 2 unspecified atom stereocenters. The first-order valence-electron chi connectivity index (χ1n) is 8.26. The van der Waals surface area contributed by atoms with Gasteiger partial charge in [-0.3, -0.25) is 4.79 Å². The second kappa shape index (κ2) is 7.60. The summed E-state index contributed by atoms with van der Waals surface area (Å²) in [5.74, 6) is 0.197. The Morgan fingerprint density at radius 2 is 2.14 bits per heavy atom. The Labute approximate surface area is 128 Å². The molecular weight excluding hydrogens is 260 g/mol. The minimum Gasteiger partial charge on any atom is -0.352 e. The Bertz CT molecular complexity index is 438. The average Bonchev–Trinajstić information content (AvgIpc) is 2.96. The molecule has 1 aliphatic heterocycles. The zero-order chi connectivity index (χ0) is 15.1. The SMILES string of the molecule is CCCC1(C(=O)NC(C)CCc2ccccc2)CCCN1. The lowest BCUT2D eigenvalue weighted by molar-refractivity contribution is -0.128. The molecule has 0 aliphatic carbocycles. The highest BCUT2D eigenvalue weighted by molar-refractivity contribution is 5.86. The van der Waals surface area contributed by atoms with Crippen molar-refractivity contribution in [1.82, 2.24) is 10.6 Å². The van der Waals surface area contributed by atoms with E-state index in [0.29, 0.717) is 0 Å². The highest BCUT2D eigenvalue weighted by Gasteiger charge is 2.40. The van der Waals surface area contributed by atoms with E-state index in [1.54, 1.807) is 0 Å². The number of rotatable bonds is 7. The summed E-state index contributed by atoms with van der Waals surface area (Å²) < 4.78 is 0. The highest BCUT2D eigenvalue weighted by Crippen LogP contribution is 2.25. The summed E-state index contributed by atoms with van der Waals surface area (Å²) in [6.07, 6.45) is 6.04. The van der Waals surface area contributed by atoms with E-state index >= 15 is 0 Å². The molecular formula is C18H28N2O. The normalized spacial score (nSPS) is 23.0. The van der Waals surface area contributed by atoms with E-state index in [9.17, 15) is 4.79 Å². The maximum Gasteiger partial charge on any atom is 0.240 e. The molecule has 0 bridgehead atoms. The van der Waals surface area contributed by atoms with Gasteiger partial charge in [-0.05, 0) is 51.1 Å². The van der Waals surface area contributed by atoms with Gasteiger partial charge in [-0.1, -0.05) is 43.7 Å². The van der Waals surface area contributed by atoms with Crippen molar-refractivity contribution in [2.75, 3.05) is 6.54 Å². The predicted molar refractivity (Wildman–Crippen MR) is 87.2 cm³/mol. The van der Waals surface area contributed by atoms with Gasteiger partial charge in [0.2, 0.25) is 5.91 Å². The van der Waals surface area contributed by atoms with Crippen LogP contribution < -0.4 is 10.6 Å². The molecule has 0 radical (unpaired) electrons. The number of hydrogen-bond acceptors (Lipinski definition) is 2. The molecule has 1 aliphatic rings. The monoisotopic (exact) mass is 288 g/mol. The van der Waals surface area contributed by atoms with Crippen LogP contribution in [0.15, 0.2) is 30.3 Å². The van der Waals surface area contributed by atoms with Crippen LogP contribution in [0.2, 0.25) is 0 Å². The molecule has 21 heavy (non-hydrogen) atoms. The first kappa shape index (κ1) is 16.0. The van der Waals surface area contributed by atoms with Gasteiger partial charge in [0.15, 0.2) is 0 Å². The minimum absolute atomic E-state index is 0.197. The van der Waals surface area contributed by atoms with Crippen LogP contribution in [-0.4, -0.2) is 24.0 Å². The molecule has 2 atom stereocenters. The lowest BCUT2D eigenvalue weighted by Gasteiger charge is -2.29. The third kappa shape index (κ3) is 4.31. The van der Waals surface area contributed by atoms with Crippen LogP contribution in [0.4, 0.5) is 0 Å². The Hall–Kier alpha value is -1.35. The van der Waals surface area contributed by atoms with E-state index in [2.05, 4.69) is 48.7 Å². The maximum absolute atomic E-state index is 12.6. The number of nitrogens with one attached hydrogen (secondary N) is 2. The maximum atomic E-state index is 12.6. The molecule has 2 N–H and O–H groups in total. The quantitative estimate of drug-likeness (QED) is 0.809. The highest BCUT2D eigenvalue weighted by atomic mass is 16.2. The van der Waals surface area contributed by atoms with Crippen molar-refractivity contribution in [2.24, 2.45) is 0 Å². The number of amides is 1. The summed E-state index contributed by atoms with van der Waals surface area (Å²) in [7, 11) is 0. The third-order valence-electron chi connectivity index (χ3n) is 4.44. The number of carbonyl (C=O) groups is 1. The van der Waals surface area contributed by atoms with E-state index in [0.717, 1.165) is 45.1 Å². The molecule has 1 aromatic carbocycles. The van der Waals surface area contributed by atoms with Gasteiger partial charge in [-0.2, -0.15) is 0 Å². The van der Waals surface area contributed by atoms with Crippen molar-refractivity contribution in [1.29, 1.82) is 0 Å². The first-order valence-corrected chi connectivity index (χ1v) is 8.26. The lowest BCUT2D eigenvalue weighted by Crippen LogP contribution is -2.55. The van der Waals surface area contributed by atoms with Crippen molar-refractivity contribution in [3.8, 4) is 0 Å². The molecule has 1 saturated heterocycles. The van der Waals surface area contributed by atoms with Crippen molar-refractivity contribution >= 4 is 5.91 Å². The van der Waals surface area contributed by atoms with Crippen molar-refractivity contribution in [3.05, 3.63) is 35.9 Å². The van der Waals surface area contributed by atoms with Gasteiger partial charge < -0.3 is 10.6 Å². The minimum atomic E-state index is -0.310. The fourth-order valence-electron chi connectivity index (χ4n) is 3.22. The van der Waals surface area contributed by atoms with Crippen molar-refractivity contribution in [3.63, 3.8) is 0 Å². The van der Waals surface area contributed by atoms with E-state index in [1.807, 2.05) is 6.07 Å². The standard InChI is InChI=1S/C18H28N2O/c1-3-12-18(13-7-14-19-18)17(21)20-15(2)10-11-16-8-5-4-6-9-16/h4-6,8-9,15,19H,3,7,10-14H2,1-2H3,(H,20,21). The second-order valence-corrected chi connectivity index (χ2v) is 6.26. The number of aryl methyl sites for hydroxylation is 1. The summed E-state index contributed by atoms with van der Waals surface area (Å²) in [6, 6.07) is 10.7. The summed E-state index contributed by atoms with van der Waals surface area (Å²) in [5.41, 5.74) is 1.02. The fourth-order valence-corrected chi connectivity index (χ4v) is 3.22. The van der Waals surface area contributed by atoms with Gasteiger partial charge >= 0.3 is 0 Å². The topological polar surface area (TPSA) is 41.1 Å². The Morgan fingerprint density at radius 3 is 2.76 bits per heavy atom. The largest absolute Gasteiger partial charge is 0.352 e. The third-order valence-corrected chi connectivity index (χ3v) is 4.44. The smallest absolute Gasteiger partial charge is 0.240 e.